The fourth-order valence-corrected chi connectivity index (χ4v) is 5.10. The van der Waals surface area contributed by atoms with Crippen molar-refractivity contribution in [2.24, 2.45) is 0 Å². The maximum absolute atomic E-state index is 11.9. The summed E-state index contributed by atoms with van der Waals surface area (Å²) in [6.07, 6.45) is -3.62. The van der Waals surface area contributed by atoms with Crippen LogP contribution in [-0.4, -0.2) is 81.1 Å². The monoisotopic (exact) mass is 390 g/mol. The summed E-state index contributed by atoms with van der Waals surface area (Å²) in [5.41, 5.74) is 0. The molecule has 0 radical (unpaired) electrons. The molecule has 2 amide bonds. The van der Waals surface area contributed by atoms with Crippen LogP contribution in [0.2, 0.25) is 0 Å². The third kappa shape index (κ3) is 4.25. The number of aliphatic hydroxyl groups excluding tert-OH is 3. The van der Waals surface area contributed by atoms with Crippen molar-refractivity contribution in [3.05, 3.63) is 0 Å². The van der Waals surface area contributed by atoms with Gasteiger partial charge in [0, 0.05) is 17.4 Å². The molecule has 8 atom stereocenters. The largest absolute Gasteiger partial charge is 0.433 e. The van der Waals surface area contributed by atoms with Crippen LogP contribution < -0.4 is 10.6 Å². The molecule has 0 spiro atoms. The highest BCUT2D eigenvalue weighted by Crippen LogP contribution is 2.33. The lowest BCUT2D eigenvalue weighted by molar-refractivity contribution is -0.284. The predicted molar refractivity (Wildman–Crippen MR) is 92.4 cm³/mol. The Bertz CT molecular complexity index is 537. The average Bonchev–Trinajstić information content (AvgIpc) is 3.14. The zero-order chi connectivity index (χ0) is 18.8. The van der Waals surface area contributed by atoms with Crippen molar-refractivity contribution in [2.75, 3.05) is 5.75 Å². The van der Waals surface area contributed by atoms with Crippen molar-refractivity contribution >= 4 is 23.8 Å². The van der Waals surface area contributed by atoms with E-state index in [4.69, 9.17) is 9.47 Å². The van der Waals surface area contributed by atoms with Crippen LogP contribution in [0.5, 0.6) is 0 Å². The summed E-state index contributed by atoms with van der Waals surface area (Å²) in [4.78, 5) is 23.3. The maximum atomic E-state index is 11.9. The van der Waals surface area contributed by atoms with Gasteiger partial charge in [0.25, 0.3) is 0 Å². The number of amides is 2. The van der Waals surface area contributed by atoms with Crippen LogP contribution in [0.15, 0.2) is 0 Å². The first-order valence-corrected chi connectivity index (χ1v) is 9.99. The number of rotatable bonds is 6. The Kier molecular flexibility index (Phi) is 6.29. The van der Waals surface area contributed by atoms with Crippen molar-refractivity contribution < 1.29 is 34.4 Å². The van der Waals surface area contributed by atoms with Gasteiger partial charge >= 0.3 is 12.0 Å². The zero-order valence-corrected chi connectivity index (χ0v) is 15.4. The van der Waals surface area contributed by atoms with E-state index in [0.717, 1.165) is 18.6 Å². The number of hydrogen-bond acceptors (Lipinski definition) is 8. The van der Waals surface area contributed by atoms with Gasteiger partial charge in [-0.25, -0.2) is 4.79 Å². The van der Waals surface area contributed by atoms with Crippen LogP contribution in [0.3, 0.4) is 0 Å². The number of hydrogen-bond donors (Lipinski definition) is 5. The molecule has 3 fully saturated rings. The first-order chi connectivity index (χ1) is 12.4. The standard InChI is InChI=1S/C16H26N2O7S/c1-7-12(20)13(21)14(22)15(24-7)25-10(19)5-3-2-4-9-11-8(6-26-9)17-16(23)18-11/h7-9,11-15,20-22H,2-6H2,1H3,(H2,17,18,23)/t7-,8+,9+,11+,12-,13+,14+,15-/m1/s1. The van der Waals surface area contributed by atoms with E-state index in [1.807, 2.05) is 11.8 Å². The molecule has 10 heteroatoms. The van der Waals surface area contributed by atoms with Crippen LogP contribution in [0.4, 0.5) is 4.79 Å². The predicted octanol–water partition coefficient (Wildman–Crippen LogP) is -0.917. The second kappa shape index (κ2) is 8.30. The Hall–Kier alpha value is -1.07. The van der Waals surface area contributed by atoms with Crippen molar-refractivity contribution in [3.63, 3.8) is 0 Å². The summed E-state index contributed by atoms with van der Waals surface area (Å²) in [7, 11) is 0. The minimum atomic E-state index is -1.48. The minimum absolute atomic E-state index is 0.110. The van der Waals surface area contributed by atoms with Gasteiger partial charge in [-0.1, -0.05) is 6.42 Å². The number of thioether (sulfide) groups is 1. The highest BCUT2D eigenvalue weighted by atomic mass is 32.2. The van der Waals surface area contributed by atoms with Gasteiger partial charge in [-0.15, -0.1) is 0 Å². The summed E-state index contributed by atoms with van der Waals surface area (Å²) in [6, 6.07) is 0.234. The molecule has 0 aliphatic carbocycles. The fourth-order valence-electron chi connectivity index (χ4n) is 3.56. The van der Waals surface area contributed by atoms with E-state index in [0.29, 0.717) is 11.7 Å². The molecule has 3 aliphatic heterocycles. The molecule has 0 saturated carbocycles. The van der Waals surface area contributed by atoms with Crippen molar-refractivity contribution in [3.8, 4) is 0 Å². The molecule has 3 aliphatic rings. The molecule has 9 nitrogen and oxygen atoms in total. The van der Waals surface area contributed by atoms with Crippen molar-refractivity contribution in [1.82, 2.24) is 10.6 Å². The van der Waals surface area contributed by atoms with Gasteiger partial charge < -0.3 is 35.4 Å². The number of ether oxygens (including phenoxy) is 2. The molecule has 0 aromatic carbocycles. The smallest absolute Gasteiger partial charge is 0.315 e. The lowest BCUT2D eigenvalue weighted by atomic mass is 10.00. The van der Waals surface area contributed by atoms with Crippen LogP contribution in [0, 0.1) is 0 Å². The van der Waals surface area contributed by atoms with Crippen LogP contribution in [0.25, 0.3) is 0 Å². The normalized spacial score (nSPS) is 42.1. The number of carbonyl (C=O) groups is 2. The highest BCUT2D eigenvalue weighted by molar-refractivity contribution is 8.00. The van der Waals surface area contributed by atoms with Crippen LogP contribution >= 0.6 is 11.8 Å². The quantitative estimate of drug-likeness (QED) is 0.223. The van der Waals surface area contributed by atoms with Gasteiger partial charge in [0.2, 0.25) is 6.29 Å². The number of unbranched alkanes of at least 4 members (excludes halogenated alkanes) is 1. The summed E-state index contributed by atoms with van der Waals surface area (Å²) >= 11 is 1.83. The SMILES string of the molecule is C[C@H]1O[C@H](OC(=O)CCCC[C@@H]2SC[C@@H]3NC(=O)N[C@@H]32)[C@@H](O)[C@@H](O)[C@@H]1O. The van der Waals surface area contributed by atoms with E-state index in [2.05, 4.69) is 10.6 Å². The summed E-state index contributed by atoms with van der Waals surface area (Å²) in [5, 5.41) is 35.4. The number of nitrogens with one attached hydrogen (secondary N) is 2. The molecule has 5 N–H and O–H groups in total. The number of urea groups is 1. The van der Waals surface area contributed by atoms with E-state index >= 15 is 0 Å². The highest BCUT2D eigenvalue weighted by Gasteiger charge is 2.44. The molecule has 3 saturated heterocycles. The number of carbonyl (C=O) groups excluding carboxylic acids is 2. The second-order valence-corrected chi connectivity index (χ2v) is 8.31. The van der Waals surface area contributed by atoms with Gasteiger partial charge in [0.1, 0.15) is 18.3 Å². The molecule has 3 heterocycles. The molecule has 0 aromatic rings. The Labute approximate surface area is 155 Å². The first-order valence-electron chi connectivity index (χ1n) is 8.94. The van der Waals surface area contributed by atoms with Gasteiger partial charge in [-0.3, -0.25) is 4.79 Å². The Morgan fingerprint density at radius 3 is 2.77 bits per heavy atom. The number of esters is 1. The summed E-state index contributed by atoms with van der Waals surface area (Å²) in [6.45, 7) is 1.53. The van der Waals surface area contributed by atoms with E-state index in [9.17, 15) is 24.9 Å². The van der Waals surface area contributed by atoms with E-state index in [-0.39, 0.29) is 24.5 Å². The van der Waals surface area contributed by atoms with Gasteiger partial charge in [0.15, 0.2) is 0 Å². The van der Waals surface area contributed by atoms with E-state index in [1.54, 1.807) is 0 Å². The maximum Gasteiger partial charge on any atom is 0.315 e. The zero-order valence-electron chi connectivity index (χ0n) is 14.5. The van der Waals surface area contributed by atoms with Crippen molar-refractivity contribution in [2.45, 2.75) is 80.6 Å². The fraction of sp³-hybridized carbons (Fsp3) is 0.875. The molecule has 3 rings (SSSR count). The lowest BCUT2D eigenvalue weighted by Gasteiger charge is -2.38. The Morgan fingerprint density at radius 1 is 1.23 bits per heavy atom. The third-order valence-corrected chi connectivity index (χ3v) is 6.62. The van der Waals surface area contributed by atoms with Crippen LogP contribution in [-0.2, 0) is 14.3 Å². The molecule has 0 unspecified atom stereocenters. The minimum Gasteiger partial charge on any atom is -0.433 e. The average molecular weight is 390 g/mol. The summed E-state index contributed by atoms with van der Waals surface area (Å²) < 4.78 is 10.3. The Balaban J connectivity index is 1.35. The van der Waals surface area contributed by atoms with Gasteiger partial charge in [-0.05, 0) is 19.8 Å². The van der Waals surface area contributed by atoms with Crippen molar-refractivity contribution in [1.29, 1.82) is 0 Å². The third-order valence-electron chi connectivity index (χ3n) is 5.11. The molecular formula is C16H26N2O7S. The topological polar surface area (TPSA) is 137 Å². The lowest BCUT2D eigenvalue weighted by Crippen LogP contribution is -2.57. The van der Waals surface area contributed by atoms with E-state index < -0.39 is 36.7 Å². The van der Waals surface area contributed by atoms with Gasteiger partial charge in [0.05, 0.1) is 18.2 Å². The molecule has 0 aromatic heterocycles. The van der Waals surface area contributed by atoms with Crippen LogP contribution in [0.1, 0.15) is 32.6 Å². The molecule has 26 heavy (non-hydrogen) atoms. The number of aliphatic hydroxyl groups is 3. The second-order valence-electron chi connectivity index (χ2n) is 7.04. The first kappa shape index (κ1) is 19.7. The molecule has 148 valence electrons. The molecular weight excluding hydrogens is 364 g/mol. The summed E-state index contributed by atoms with van der Waals surface area (Å²) in [5.74, 6) is 0.386. The number of fused-ring (bicyclic) bond motifs is 1. The Morgan fingerprint density at radius 2 is 2.00 bits per heavy atom. The van der Waals surface area contributed by atoms with Gasteiger partial charge in [-0.2, -0.15) is 11.8 Å². The van der Waals surface area contributed by atoms with E-state index in [1.165, 1.54) is 6.92 Å². The molecule has 0 bridgehead atoms.